The summed E-state index contributed by atoms with van der Waals surface area (Å²) in [6.45, 7) is 0.528. The van der Waals surface area contributed by atoms with Gasteiger partial charge in [-0.2, -0.15) is 5.10 Å². The minimum absolute atomic E-state index is 0.118. The SMILES string of the molecule is O=C(CCn1cccn1)Nc1ccc(F)cc1. The number of carbonyl (C=O) groups is 1. The zero-order valence-corrected chi connectivity index (χ0v) is 9.14. The molecule has 2 aromatic rings. The van der Waals surface area contributed by atoms with Crippen molar-refractivity contribution in [1.82, 2.24) is 9.78 Å². The molecule has 0 aliphatic carbocycles. The molecule has 1 heterocycles. The molecule has 17 heavy (non-hydrogen) atoms. The number of halogens is 1. The van der Waals surface area contributed by atoms with Crippen molar-refractivity contribution in [3.63, 3.8) is 0 Å². The summed E-state index contributed by atoms with van der Waals surface area (Å²) in [5.74, 6) is -0.438. The van der Waals surface area contributed by atoms with Crippen molar-refractivity contribution >= 4 is 11.6 Å². The van der Waals surface area contributed by atoms with Crippen LogP contribution in [-0.4, -0.2) is 15.7 Å². The molecular weight excluding hydrogens is 221 g/mol. The topological polar surface area (TPSA) is 46.9 Å². The molecular formula is C12H12FN3O. The van der Waals surface area contributed by atoms with Crippen LogP contribution in [0, 0.1) is 5.82 Å². The van der Waals surface area contributed by atoms with E-state index in [0.29, 0.717) is 18.7 Å². The second kappa shape index (κ2) is 5.25. The van der Waals surface area contributed by atoms with Gasteiger partial charge in [0, 0.05) is 31.0 Å². The van der Waals surface area contributed by atoms with Crippen molar-refractivity contribution < 1.29 is 9.18 Å². The fourth-order valence-corrected chi connectivity index (χ4v) is 1.41. The molecule has 1 amide bonds. The molecule has 0 spiro atoms. The van der Waals surface area contributed by atoms with Crippen molar-refractivity contribution in [1.29, 1.82) is 0 Å². The lowest BCUT2D eigenvalue weighted by Crippen LogP contribution is -2.14. The van der Waals surface area contributed by atoms with Gasteiger partial charge in [0.05, 0.1) is 0 Å². The Balaban J connectivity index is 1.83. The smallest absolute Gasteiger partial charge is 0.226 e. The van der Waals surface area contributed by atoms with Gasteiger partial charge in [-0.3, -0.25) is 9.48 Å². The Morgan fingerprint density at radius 3 is 2.76 bits per heavy atom. The van der Waals surface area contributed by atoms with E-state index >= 15 is 0 Å². The Morgan fingerprint density at radius 2 is 2.12 bits per heavy atom. The molecule has 4 nitrogen and oxygen atoms in total. The van der Waals surface area contributed by atoms with E-state index in [9.17, 15) is 9.18 Å². The van der Waals surface area contributed by atoms with Gasteiger partial charge in [-0.15, -0.1) is 0 Å². The summed E-state index contributed by atoms with van der Waals surface area (Å²) >= 11 is 0. The molecule has 1 aromatic carbocycles. The molecule has 0 saturated heterocycles. The van der Waals surface area contributed by atoms with Crippen LogP contribution >= 0.6 is 0 Å². The van der Waals surface area contributed by atoms with E-state index in [1.54, 1.807) is 23.1 Å². The Bertz CT molecular complexity index is 479. The first-order valence-corrected chi connectivity index (χ1v) is 5.27. The summed E-state index contributed by atoms with van der Waals surface area (Å²) in [6, 6.07) is 7.48. The second-order valence-corrected chi connectivity index (χ2v) is 3.57. The van der Waals surface area contributed by atoms with E-state index < -0.39 is 0 Å². The number of carbonyl (C=O) groups excluding carboxylic acids is 1. The van der Waals surface area contributed by atoms with Crippen LogP contribution in [-0.2, 0) is 11.3 Å². The highest BCUT2D eigenvalue weighted by Gasteiger charge is 2.02. The van der Waals surface area contributed by atoms with Gasteiger partial charge in [-0.05, 0) is 30.3 Å². The van der Waals surface area contributed by atoms with Crippen molar-refractivity contribution in [2.45, 2.75) is 13.0 Å². The zero-order chi connectivity index (χ0) is 12.1. The average molecular weight is 233 g/mol. The molecule has 0 radical (unpaired) electrons. The predicted molar refractivity (Wildman–Crippen MR) is 61.9 cm³/mol. The highest BCUT2D eigenvalue weighted by Crippen LogP contribution is 2.08. The highest BCUT2D eigenvalue weighted by molar-refractivity contribution is 5.90. The van der Waals surface area contributed by atoms with Crippen molar-refractivity contribution in [2.24, 2.45) is 0 Å². The summed E-state index contributed by atoms with van der Waals surface area (Å²) in [5, 5.41) is 6.68. The Morgan fingerprint density at radius 1 is 1.35 bits per heavy atom. The number of aryl methyl sites for hydroxylation is 1. The van der Waals surface area contributed by atoms with E-state index in [0.717, 1.165) is 0 Å². The van der Waals surface area contributed by atoms with E-state index in [4.69, 9.17) is 0 Å². The number of rotatable bonds is 4. The maximum absolute atomic E-state index is 12.6. The van der Waals surface area contributed by atoms with Gasteiger partial charge in [0.2, 0.25) is 5.91 Å². The van der Waals surface area contributed by atoms with Gasteiger partial charge >= 0.3 is 0 Å². The second-order valence-electron chi connectivity index (χ2n) is 3.57. The number of amides is 1. The quantitative estimate of drug-likeness (QED) is 0.878. The van der Waals surface area contributed by atoms with Crippen LogP contribution < -0.4 is 5.32 Å². The summed E-state index contributed by atoms with van der Waals surface area (Å²) in [5.41, 5.74) is 0.594. The van der Waals surface area contributed by atoms with Crippen LogP contribution in [0.2, 0.25) is 0 Å². The Kier molecular flexibility index (Phi) is 3.49. The van der Waals surface area contributed by atoms with Crippen LogP contribution in [0.1, 0.15) is 6.42 Å². The number of hydrogen-bond donors (Lipinski definition) is 1. The van der Waals surface area contributed by atoms with Gasteiger partial charge in [0.15, 0.2) is 0 Å². The predicted octanol–water partition coefficient (Wildman–Crippen LogP) is 2.05. The largest absolute Gasteiger partial charge is 0.326 e. The molecule has 0 fully saturated rings. The van der Waals surface area contributed by atoms with E-state index in [-0.39, 0.29) is 11.7 Å². The van der Waals surface area contributed by atoms with Crippen LogP contribution in [0.15, 0.2) is 42.7 Å². The molecule has 0 aliphatic heterocycles. The number of aromatic nitrogens is 2. The molecule has 1 N–H and O–H groups in total. The third kappa shape index (κ3) is 3.41. The van der Waals surface area contributed by atoms with Crippen molar-refractivity contribution in [3.8, 4) is 0 Å². The molecule has 0 bridgehead atoms. The van der Waals surface area contributed by atoms with E-state index in [1.807, 2.05) is 0 Å². The first-order valence-electron chi connectivity index (χ1n) is 5.27. The normalized spacial score (nSPS) is 10.2. The molecule has 0 saturated carbocycles. The maximum Gasteiger partial charge on any atom is 0.226 e. The lowest BCUT2D eigenvalue weighted by molar-refractivity contribution is -0.116. The van der Waals surface area contributed by atoms with E-state index in [2.05, 4.69) is 10.4 Å². The summed E-state index contributed by atoms with van der Waals surface area (Å²) in [7, 11) is 0. The standard InChI is InChI=1S/C12H12FN3O/c13-10-2-4-11(5-3-10)15-12(17)6-9-16-8-1-7-14-16/h1-5,7-8H,6,9H2,(H,15,17). The van der Waals surface area contributed by atoms with Gasteiger partial charge in [-0.25, -0.2) is 4.39 Å². The number of anilines is 1. The highest BCUT2D eigenvalue weighted by atomic mass is 19.1. The number of nitrogens with one attached hydrogen (secondary N) is 1. The van der Waals surface area contributed by atoms with Gasteiger partial charge in [0.1, 0.15) is 5.82 Å². The van der Waals surface area contributed by atoms with Crippen molar-refractivity contribution in [3.05, 3.63) is 48.5 Å². The Hall–Kier alpha value is -2.17. The lowest BCUT2D eigenvalue weighted by Gasteiger charge is -2.05. The minimum atomic E-state index is -0.320. The lowest BCUT2D eigenvalue weighted by atomic mass is 10.3. The molecule has 2 rings (SSSR count). The van der Waals surface area contributed by atoms with Crippen LogP contribution in [0.3, 0.4) is 0 Å². The molecule has 0 atom stereocenters. The number of benzene rings is 1. The van der Waals surface area contributed by atoms with Gasteiger partial charge in [-0.1, -0.05) is 0 Å². The van der Waals surface area contributed by atoms with Gasteiger partial charge < -0.3 is 5.32 Å². The van der Waals surface area contributed by atoms with Crippen LogP contribution in [0.4, 0.5) is 10.1 Å². The monoisotopic (exact) mass is 233 g/mol. The molecule has 0 unspecified atom stereocenters. The van der Waals surface area contributed by atoms with Crippen LogP contribution in [0.25, 0.3) is 0 Å². The number of nitrogens with zero attached hydrogens (tertiary/aromatic N) is 2. The molecule has 88 valence electrons. The first kappa shape index (κ1) is 11.3. The third-order valence-electron chi connectivity index (χ3n) is 2.26. The molecule has 1 aromatic heterocycles. The zero-order valence-electron chi connectivity index (χ0n) is 9.14. The summed E-state index contributed by atoms with van der Waals surface area (Å²) < 4.78 is 14.3. The maximum atomic E-state index is 12.6. The molecule has 5 heteroatoms. The molecule has 0 aliphatic rings. The van der Waals surface area contributed by atoms with Crippen molar-refractivity contribution in [2.75, 3.05) is 5.32 Å². The Labute approximate surface area is 98.1 Å². The fraction of sp³-hybridized carbons (Fsp3) is 0.167. The van der Waals surface area contributed by atoms with E-state index in [1.165, 1.54) is 24.3 Å². The van der Waals surface area contributed by atoms with Crippen LogP contribution in [0.5, 0.6) is 0 Å². The first-order chi connectivity index (χ1) is 8.24. The average Bonchev–Trinajstić information content (AvgIpc) is 2.83. The summed E-state index contributed by atoms with van der Waals surface area (Å²) in [6.07, 6.45) is 3.79. The third-order valence-corrected chi connectivity index (χ3v) is 2.26. The van der Waals surface area contributed by atoms with Gasteiger partial charge in [0.25, 0.3) is 0 Å². The fourth-order valence-electron chi connectivity index (χ4n) is 1.41. The minimum Gasteiger partial charge on any atom is -0.326 e. The summed E-state index contributed by atoms with van der Waals surface area (Å²) in [4.78, 5) is 11.5. The number of hydrogen-bond acceptors (Lipinski definition) is 2.